The number of aromatic nitrogens is 1. The van der Waals surface area contributed by atoms with E-state index in [0.29, 0.717) is 60.2 Å². The van der Waals surface area contributed by atoms with E-state index in [9.17, 15) is 19.2 Å². The SMILES string of the molecule is COc1ccc(-c2oc3c(=O)cc(C)oc3c2CC(=O)NC(CCSC)C(=O)N2CC3CC(C2)c2cccc(=O)n2C3)cc1. The summed E-state index contributed by atoms with van der Waals surface area (Å²) in [5.74, 6) is 1.86. The molecule has 6 rings (SSSR count). The van der Waals surface area contributed by atoms with Gasteiger partial charge in [-0.05, 0) is 68.0 Å². The van der Waals surface area contributed by atoms with Crippen molar-refractivity contribution >= 4 is 34.7 Å². The molecule has 4 aromatic rings. The molecule has 0 spiro atoms. The number of hydrogen-bond acceptors (Lipinski definition) is 8. The van der Waals surface area contributed by atoms with Gasteiger partial charge in [-0.3, -0.25) is 19.2 Å². The summed E-state index contributed by atoms with van der Waals surface area (Å²) in [5.41, 5.74) is 1.98. The number of rotatable bonds is 9. The molecule has 2 bridgehead atoms. The standard InChI is InChI=1S/C33H35N3O7S/c1-19-13-27(37)32-31(42-19)24(30(43-32)21-7-9-23(41-2)10-8-21)15-28(38)34-25(11-12-44-3)33(40)35-16-20-14-22(18-35)26-5-4-6-29(39)36(26)17-20/h4-10,13,20,22,25H,11-12,14-18H2,1-3H3,(H,34,38). The molecule has 2 aliphatic heterocycles. The van der Waals surface area contributed by atoms with Gasteiger partial charge in [-0.25, -0.2) is 0 Å². The highest BCUT2D eigenvalue weighted by molar-refractivity contribution is 7.98. The summed E-state index contributed by atoms with van der Waals surface area (Å²) in [5, 5.41) is 2.99. The molecule has 0 aliphatic carbocycles. The fourth-order valence-electron chi connectivity index (χ4n) is 6.49. The third-order valence-electron chi connectivity index (χ3n) is 8.50. The zero-order chi connectivity index (χ0) is 31.0. The number of ether oxygens (including phenoxy) is 1. The maximum Gasteiger partial charge on any atom is 0.250 e. The Kier molecular flexibility index (Phi) is 8.40. The molecule has 0 radical (unpaired) electrons. The number of nitrogens with one attached hydrogen (secondary N) is 1. The zero-order valence-electron chi connectivity index (χ0n) is 25.0. The molecule has 3 aromatic heterocycles. The molecule has 3 unspecified atom stereocenters. The van der Waals surface area contributed by atoms with E-state index in [1.54, 1.807) is 62.2 Å². The van der Waals surface area contributed by atoms with Crippen molar-refractivity contribution in [3.05, 3.63) is 86.1 Å². The van der Waals surface area contributed by atoms with Crippen LogP contribution >= 0.6 is 11.8 Å². The minimum absolute atomic E-state index is 0.00565. The summed E-state index contributed by atoms with van der Waals surface area (Å²) in [4.78, 5) is 54.7. The molecule has 1 aromatic carbocycles. The smallest absolute Gasteiger partial charge is 0.250 e. The lowest BCUT2D eigenvalue weighted by atomic mass is 9.83. The van der Waals surface area contributed by atoms with Crippen LogP contribution in [-0.4, -0.2) is 59.5 Å². The number of aryl methyl sites for hydroxylation is 1. The van der Waals surface area contributed by atoms with Crippen molar-refractivity contribution in [2.75, 3.05) is 32.2 Å². The number of piperidine rings is 1. The van der Waals surface area contributed by atoms with Gasteiger partial charge in [-0.15, -0.1) is 0 Å². The number of furan rings is 1. The predicted molar refractivity (Wildman–Crippen MR) is 168 cm³/mol. The van der Waals surface area contributed by atoms with Gasteiger partial charge in [-0.1, -0.05) is 6.07 Å². The number of amides is 2. The van der Waals surface area contributed by atoms with Crippen molar-refractivity contribution < 1.29 is 23.2 Å². The van der Waals surface area contributed by atoms with Gasteiger partial charge in [0.1, 0.15) is 23.3 Å². The van der Waals surface area contributed by atoms with Crippen LogP contribution in [0, 0.1) is 12.8 Å². The second-order valence-electron chi connectivity index (χ2n) is 11.5. The van der Waals surface area contributed by atoms with Crippen molar-refractivity contribution in [2.24, 2.45) is 5.92 Å². The van der Waals surface area contributed by atoms with Crippen LogP contribution in [0.3, 0.4) is 0 Å². The Morgan fingerprint density at radius 1 is 1.07 bits per heavy atom. The van der Waals surface area contributed by atoms with Gasteiger partial charge >= 0.3 is 0 Å². The quantitative estimate of drug-likeness (QED) is 0.300. The van der Waals surface area contributed by atoms with Crippen LogP contribution in [-0.2, 0) is 22.6 Å². The lowest BCUT2D eigenvalue weighted by Gasteiger charge is -2.43. The van der Waals surface area contributed by atoms with Crippen molar-refractivity contribution in [3.8, 4) is 17.1 Å². The minimum atomic E-state index is -0.719. The highest BCUT2D eigenvalue weighted by Gasteiger charge is 2.38. The van der Waals surface area contributed by atoms with E-state index in [2.05, 4.69) is 5.32 Å². The maximum absolute atomic E-state index is 13.9. The molecular formula is C33H35N3O7S. The van der Waals surface area contributed by atoms with Gasteiger partial charge in [0.25, 0.3) is 5.56 Å². The lowest BCUT2D eigenvalue weighted by molar-refractivity contribution is -0.138. The van der Waals surface area contributed by atoms with Crippen molar-refractivity contribution in [3.63, 3.8) is 0 Å². The number of thioether (sulfide) groups is 1. The van der Waals surface area contributed by atoms with Gasteiger partial charge in [0.15, 0.2) is 5.58 Å². The molecule has 3 atom stereocenters. The predicted octanol–water partition coefficient (Wildman–Crippen LogP) is 3.96. The third-order valence-corrected chi connectivity index (χ3v) is 9.15. The first-order chi connectivity index (χ1) is 21.2. The molecule has 44 heavy (non-hydrogen) atoms. The molecule has 1 saturated heterocycles. The number of benzene rings is 1. The Morgan fingerprint density at radius 3 is 2.61 bits per heavy atom. The van der Waals surface area contributed by atoms with Crippen molar-refractivity contribution in [2.45, 2.75) is 44.7 Å². The highest BCUT2D eigenvalue weighted by atomic mass is 32.2. The van der Waals surface area contributed by atoms with Crippen LogP contribution in [0.2, 0.25) is 0 Å². The monoisotopic (exact) mass is 617 g/mol. The van der Waals surface area contributed by atoms with E-state index >= 15 is 0 Å². The first-order valence-electron chi connectivity index (χ1n) is 14.7. The minimum Gasteiger partial charge on any atom is -0.497 e. The van der Waals surface area contributed by atoms with Gasteiger partial charge in [0, 0.05) is 48.9 Å². The number of carbonyl (C=O) groups excluding carboxylic acids is 2. The Labute approximate surface area is 258 Å². The van der Waals surface area contributed by atoms with E-state index in [-0.39, 0.29) is 52.2 Å². The average Bonchev–Trinajstić information content (AvgIpc) is 3.37. The summed E-state index contributed by atoms with van der Waals surface area (Å²) >= 11 is 1.61. The molecule has 2 aliphatic rings. The van der Waals surface area contributed by atoms with Crippen LogP contribution in [0.25, 0.3) is 22.5 Å². The summed E-state index contributed by atoms with van der Waals surface area (Å²) in [6.45, 7) is 3.30. The van der Waals surface area contributed by atoms with Crippen molar-refractivity contribution in [1.82, 2.24) is 14.8 Å². The Bertz CT molecular complexity index is 1820. The number of methoxy groups -OCH3 is 1. The number of carbonyl (C=O) groups is 2. The van der Waals surface area contributed by atoms with Gasteiger partial charge in [0.2, 0.25) is 22.8 Å². The van der Waals surface area contributed by atoms with Crippen LogP contribution in [0.4, 0.5) is 0 Å². The first kappa shape index (κ1) is 29.8. The molecule has 1 N–H and O–H groups in total. The Morgan fingerprint density at radius 2 is 1.86 bits per heavy atom. The van der Waals surface area contributed by atoms with E-state index in [1.807, 2.05) is 21.8 Å². The van der Waals surface area contributed by atoms with Crippen molar-refractivity contribution in [1.29, 1.82) is 0 Å². The average molecular weight is 618 g/mol. The van der Waals surface area contributed by atoms with Gasteiger partial charge in [0.05, 0.1) is 19.1 Å². The Balaban J connectivity index is 1.26. The topological polar surface area (TPSA) is 124 Å². The fourth-order valence-corrected chi connectivity index (χ4v) is 6.96. The number of fused-ring (bicyclic) bond motifs is 5. The largest absolute Gasteiger partial charge is 0.497 e. The molecule has 1 fully saturated rings. The molecular weight excluding hydrogens is 582 g/mol. The second-order valence-corrected chi connectivity index (χ2v) is 12.5. The fraction of sp³-hybridized carbons (Fsp3) is 0.394. The normalized spacial score (nSPS) is 18.1. The molecule has 10 nitrogen and oxygen atoms in total. The van der Waals surface area contributed by atoms with Crippen LogP contribution in [0.5, 0.6) is 5.75 Å². The second kappa shape index (κ2) is 12.4. The summed E-state index contributed by atoms with van der Waals surface area (Å²) < 4.78 is 19.0. The van der Waals surface area contributed by atoms with Crippen LogP contribution < -0.4 is 21.0 Å². The van der Waals surface area contributed by atoms with Crippen LogP contribution in [0.15, 0.2) is 67.0 Å². The zero-order valence-corrected chi connectivity index (χ0v) is 25.8. The number of likely N-dealkylation sites (tertiary alicyclic amines) is 1. The Hall–Kier alpha value is -4.25. The van der Waals surface area contributed by atoms with E-state index < -0.39 is 6.04 Å². The summed E-state index contributed by atoms with van der Waals surface area (Å²) in [6, 6.07) is 13.1. The van der Waals surface area contributed by atoms with E-state index in [0.717, 1.165) is 12.1 Å². The number of nitrogens with zero attached hydrogens (tertiary/aromatic N) is 2. The number of hydrogen-bond donors (Lipinski definition) is 1. The third kappa shape index (κ3) is 5.80. The molecule has 230 valence electrons. The van der Waals surface area contributed by atoms with Crippen LogP contribution in [0.1, 0.15) is 35.8 Å². The maximum atomic E-state index is 13.9. The molecule has 11 heteroatoms. The summed E-state index contributed by atoms with van der Waals surface area (Å²) in [6.07, 6.45) is 3.22. The van der Waals surface area contributed by atoms with E-state index in [4.69, 9.17) is 13.6 Å². The molecule has 5 heterocycles. The molecule has 0 saturated carbocycles. The van der Waals surface area contributed by atoms with Gasteiger partial charge < -0.3 is 28.4 Å². The lowest BCUT2D eigenvalue weighted by Crippen LogP contribution is -2.55. The number of pyridine rings is 1. The highest BCUT2D eigenvalue weighted by Crippen LogP contribution is 2.36. The first-order valence-corrected chi connectivity index (χ1v) is 16.1. The summed E-state index contributed by atoms with van der Waals surface area (Å²) in [7, 11) is 1.57. The van der Waals surface area contributed by atoms with E-state index in [1.165, 1.54) is 6.07 Å². The van der Waals surface area contributed by atoms with Gasteiger partial charge in [-0.2, -0.15) is 11.8 Å². The molecule has 2 amide bonds.